The summed E-state index contributed by atoms with van der Waals surface area (Å²) in [6, 6.07) is 8.81. The Morgan fingerprint density at radius 3 is 2.54 bits per heavy atom. The zero-order chi connectivity index (χ0) is 19.1. The van der Waals surface area contributed by atoms with Crippen LogP contribution < -0.4 is 5.32 Å². The van der Waals surface area contributed by atoms with E-state index in [4.69, 9.17) is 5.11 Å². The molecular weight excluding hydrogens is 354 g/mol. The van der Waals surface area contributed by atoms with Crippen molar-refractivity contribution in [2.24, 2.45) is 5.92 Å². The molecule has 0 aliphatic heterocycles. The number of amides is 2. The number of hydrogen-bond donors (Lipinski definition) is 2. The Morgan fingerprint density at radius 1 is 1.23 bits per heavy atom. The van der Waals surface area contributed by atoms with Gasteiger partial charge in [-0.15, -0.1) is 11.3 Å². The SMILES string of the molecule is CC(C)CN(CC(=O)Nc1nc(CC(=O)O)cs1)C(=O)c1ccccc1. The Hall–Kier alpha value is -2.74. The number of nitrogens with zero attached hydrogens (tertiary/aromatic N) is 2. The summed E-state index contributed by atoms with van der Waals surface area (Å²) in [7, 11) is 0. The van der Waals surface area contributed by atoms with Crippen LogP contribution in [0.15, 0.2) is 35.7 Å². The summed E-state index contributed by atoms with van der Waals surface area (Å²) in [6.07, 6.45) is -0.196. The van der Waals surface area contributed by atoms with Crippen molar-refractivity contribution in [1.29, 1.82) is 0 Å². The minimum atomic E-state index is -0.982. The van der Waals surface area contributed by atoms with Gasteiger partial charge in [-0.3, -0.25) is 14.4 Å². The van der Waals surface area contributed by atoms with Gasteiger partial charge in [-0.2, -0.15) is 0 Å². The largest absolute Gasteiger partial charge is 0.481 e. The minimum absolute atomic E-state index is 0.0975. The lowest BCUT2D eigenvalue weighted by atomic mass is 10.1. The Balaban J connectivity index is 2.03. The van der Waals surface area contributed by atoms with Crippen LogP contribution >= 0.6 is 11.3 Å². The summed E-state index contributed by atoms with van der Waals surface area (Å²) < 4.78 is 0. The number of benzene rings is 1. The van der Waals surface area contributed by atoms with Gasteiger partial charge in [0, 0.05) is 17.5 Å². The first-order valence-electron chi connectivity index (χ1n) is 8.15. The third kappa shape index (κ3) is 5.96. The maximum absolute atomic E-state index is 12.7. The smallest absolute Gasteiger partial charge is 0.309 e. The fraction of sp³-hybridized carbons (Fsp3) is 0.333. The first kappa shape index (κ1) is 19.6. The first-order chi connectivity index (χ1) is 12.3. The molecule has 138 valence electrons. The van der Waals surface area contributed by atoms with Crippen molar-refractivity contribution in [2.45, 2.75) is 20.3 Å². The summed E-state index contributed by atoms with van der Waals surface area (Å²) >= 11 is 1.16. The van der Waals surface area contributed by atoms with Crippen LogP contribution in [0.1, 0.15) is 29.9 Å². The number of carboxylic acid groups (broad SMARTS) is 1. The highest BCUT2D eigenvalue weighted by molar-refractivity contribution is 7.13. The van der Waals surface area contributed by atoms with Gasteiger partial charge in [-0.25, -0.2) is 4.98 Å². The molecule has 0 fully saturated rings. The molecule has 1 aromatic heterocycles. The standard InChI is InChI=1S/C18H21N3O4S/c1-12(2)9-21(17(25)13-6-4-3-5-7-13)10-15(22)20-18-19-14(11-26-18)8-16(23)24/h3-7,11-12H,8-10H2,1-2H3,(H,23,24)(H,19,20,22). The maximum Gasteiger partial charge on any atom is 0.309 e. The molecule has 0 saturated heterocycles. The second kappa shape index (κ2) is 9.10. The van der Waals surface area contributed by atoms with Crippen molar-refractivity contribution in [1.82, 2.24) is 9.88 Å². The topological polar surface area (TPSA) is 99.6 Å². The van der Waals surface area contributed by atoms with Gasteiger partial charge in [0.15, 0.2) is 5.13 Å². The maximum atomic E-state index is 12.7. The predicted octanol–water partition coefficient (Wildman–Crippen LogP) is 2.51. The molecule has 1 heterocycles. The number of carboxylic acids is 1. The average molecular weight is 375 g/mol. The third-order valence-electron chi connectivity index (χ3n) is 3.36. The summed E-state index contributed by atoms with van der Waals surface area (Å²) in [4.78, 5) is 41.2. The number of anilines is 1. The molecule has 2 N–H and O–H groups in total. The second-order valence-electron chi connectivity index (χ2n) is 6.21. The number of carbonyl (C=O) groups excluding carboxylic acids is 2. The number of hydrogen-bond acceptors (Lipinski definition) is 5. The van der Waals surface area contributed by atoms with Crippen LogP contribution in [0.2, 0.25) is 0 Å². The molecule has 7 nitrogen and oxygen atoms in total. The molecule has 8 heteroatoms. The molecule has 0 spiro atoms. The van der Waals surface area contributed by atoms with Gasteiger partial charge in [-0.1, -0.05) is 32.0 Å². The van der Waals surface area contributed by atoms with Gasteiger partial charge in [0.2, 0.25) is 5.91 Å². The molecule has 0 bridgehead atoms. The van der Waals surface area contributed by atoms with Gasteiger partial charge < -0.3 is 15.3 Å². The number of nitrogens with one attached hydrogen (secondary N) is 1. The highest BCUT2D eigenvalue weighted by Crippen LogP contribution is 2.16. The summed E-state index contributed by atoms with van der Waals surface area (Å²) in [5.41, 5.74) is 0.913. The van der Waals surface area contributed by atoms with Crippen LogP contribution in [0.5, 0.6) is 0 Å². The molecular formula is C18H21N3O4S. The van der Waals surface area contributed by atoms with Gasteiger partial charge >= 0.3 is 5.97 Å². The van der Waals surface area contributed by atoms with Crippen LogP contribution in [0, 0.1) is 5.92 Å². The van der Waals surface area contributed by atoms with E-state index in [1.807, 2.05) is 19.9 Å². The number of aromatic nitrogens is 1. The van der Waals surface area contributed by atoms with E-state index in [1.165, 1.54) is 4.90 Å². The lowest BCUT2D eigenvalue weighted by Gasteiger charge is -2.24. The Labute approximate surface area is 155 Å². The fourth-order valence-electron chi connectivity index (χ4n) is 2.36. The van der Waals surface area contributed by atoms with E-state index in [0.717, 1.165) is 11.3 Å². The molecule has 0 aliphatic rings. The van der Waals surface area contributed by atoms with Crippen molar-refractivity contribution in [3.63, 3.8) is 0 Å². The Morgan fingerprint density at radius 2 is 1.92 bits per heavy atom. The average Bonchev–Trinajstić information content (AvgIpc) is 2.99. The lowest BCUT2D eigenvalue weighted by molar-refractivity contribution is -0.136. The third-order valence-corrected chi connectivity index (χ3v) is 4.16. The van der Waals surface area contributed by atoms with Gasteiger partial charge in [0.05, 0.1) is 12.1 Å². The summed E-state index contributed by atoms with van der Waals surface area (Å²) in [5, 5.41) is 13.3. The second-order valence-corrected chi connectivity index (χ2v) is 7.07. The quantitative estimate of drug-likeness (QED) is 0.738. The van der Waals surface area contributed by atoms with Crippen LogP contribution in [0.4, 0.5) is 5.13 Å². The van der Waals surface area contributed by atoms with E-state index in [0.29, 0.717) is 22.9 Å². The van der Waals surface area contributed by atoms with Crippen molar-refractivity contribution < 1.29 is 19.5 Å². The summed E-state index contributed by atoms with van der Waals surface area (Å²) in [6.45, 7) is 4.30. The highest BCUT2D eigenvalue weighted by atomic mass is 32.1. The van der Waals surface area contributed by atoms with Crippen molar-refractivity contribution >= 4 is 34.3 Å². The van der Waals surface area contributed by atoms with E-state index in [9.17, 15) is 14.4 Å². The molecule has 0 unspecified atom stereocenters. The molecule has 0 saturated carbocycles. The van der Waals surface area contributed by atoms with Crippen molar-refractivity contribution in [3.05, 3.63) is 47.0 Å². The highest BCUT2D eigenvalue weighted by Gasteiger charge is 2.20. The Kier molecular flexibility index (Phi) is 6.85. The Bertz CT molecular complexity index is 774. The number of carbonyl (C=O) groups is 3. The van der Waals surface area contributed by atoms with Crippen molar-refractivity contribution in [2.75, 3.05) is 18.4 Å². The van der Waals surface area contributed by atoms with Crippen LogP contribution in [0.25, 0.3) is 0 Å². The molecule has 26 heavy (non-hydrogen) atoms. The molecule has 0 atom stereocenters. The van der Waals surface area contributed by atoms with E-state index in [1.54, 1.807) is 29.6 Å². The minimum Gasteiger partial charge on any atom is -0.481 e. The zero-order valence-corrected chi connectivity index (χ0v) is 15.5. The number of rotatable bonds is 8. The lowest BCUT2D eigenvalue weighted by Crippen LogP contribution is -2.40. The van der Waals surface area contributed by atoms with Gasteiger partial charge in [-0.05, 0) is 18.1 Å². The van der Waals surface area contributed by atoms with E-state index < -0.39 is 5.97 Å². The predicted molar refractivity (Wildman–Crippen MR) is 99.3 cm³/mol. The van der Waals surface area contributed by atoms with Crippen molar-refractivity contribution in [3.8, 4) is 0 Å². The zero-order valence-electron chi connectivity index (χ0n) is 14.6. The van der Waals surface area contributed by atoms with Crippen LogP contribution in [-0.4, -0.2) is 45.9 Å². The first-order valence-corrected chi connectivity index (χ1v) is 9.03. The molecule has 0 aliphatic carbocycles. The van der Waals surface area contributed by atoms with Gasteiger partial charge in [0.1, 0.15) is 6.54 Å². The molecule has 1 aromatic carbocycles. The van der Waals surface area contributed by atoms with Crippen LogP contribution in [0.3, 0.4) is 0 Å². The fourth-order valence-corrected chi connectivity index (χ4v) is 3.08. The normalized spacial score (nSPS) is 10.6. The summed E-state index contributed by atoms with van der Waals surface area (Å²) in [5.74, 6) is -1.35. The molecule has 2 rings (SSSR count). The number of thiazole rings is 1. The molecule has 2 aromatic rings. The van der Waals surface area contributed by atoms with E-state index >= 15 is 0 Å². The van der Waals surface area contributed by atoms with E-state index in [2.05, 4.69) is 10.3 Å². The number of aliphatic carboxylic acids is 1. The molecule has 0 radical (unpaired) electrons. The van der Waals surface area contributed by atoms with E-state index in [-0.39, 0.29) is 30.7 Å². The monoisotopic (exact) mass is 375 g/mol. The van der Waals surface area contributed by atoms with Crippen LogP contribution in [-0.2, 0) is 16.0 Å². The molecule has 2 amide bonds. The van der Waals surface area contributed by atoms with Gasteiger partial charge in [0.25, 0.3) is 5.91 Å².